The molecule has 1 unspecified atom stereocenters. The summed E-state index contributed by atoms with van der Waals surface area (Å²) in [6, 6.07) is 0. The maximum Gasteiger partial charge on any atom is 0.310 e. The molecule has 0 N–H and O–H groups in total. The van der Waals surface area contributed by atoms with Crippen molar-refractivity contribution in [2.75, 3.05) is 7.11 Å². The Kier molecular flexibility index (Phi) is 7.72. The van der Waals surface area contributed by atoms with Gasteiger partial charge >= 0.3 is 11.9 Å². The summed E-state index contributed by atoms with van der Waals surface area (Å²) >= 11 is 0. The lowest BCUT2D eigenvalue weighted by Gasteiger charge is -2.00. The van der Waals surface area contributed by atoms with Crippen LogP contribution in [0, 0.1) is 0 Å². The Morgan fingerprint density at radius 3 is 2.07 bits per heavy atom. The summed E-state index contributed by atoms with van der Waals surface area (Å²) in [5, 5.41) is 0. The second-order valence-electron chi connectivity index (χ2n) is 2.67. The van der Waals surface area contributed by atoms with Gasteiger partial charge in [-0.2, -0.15) is 4.20 Å². The average Bonchev–Trinajstić information content (AvgIpc) is 2.23. The monoisotopic (exact) mass is 238 g/mol. The first-order valence-corrected chi connectivity index (χ1v) is 5.02. The van der Waals surface area contributed by atoms with E-state index in [9.17, 15) is 18.6 Å². The number of rotatable bonds is 7. The van der Waals surface area contributed by atoms with Crippen LogP contribution < -0.4 is 0 Å². The molecule has 0 fully saturated rings. The van der Waals surface area contributed by atoms with E-state index in [-0.39, 0.29) is 31.5 Å². The van der Waals surface area contributed by atoms with Crippen molar-refractivity contribution in [3.05, 3.63) is 0 Å². The van der Waals surface area contributed by atoms with Crippen molar-refractivity contribution in [3.63, 3.8) is 0 Å². The summed E-state index contributed by atoms with van der Waals surface area (Å²) in [5.41, 5.74) is 0. The number of carbonyl (C=O) groups is 3. The van der Waals surface area contributed by atoms with E-state index in [2.05, 4.69) is 9.26 Å². The van der Waals surface area contributed by atoms with Crippen molar-refractivity contribution >= 4 is 26.8 Å². The number of ether oxygens (including phenoxy) is 1. The zero-order valence-electron chi connectivity index (χ0n) is 8.25. The number of carbonyl (C=O) groups excluding carboxylic acids is 3. The van der Waals surface area contributed by atoms with Crippen molar-refractivity contribution in [3.8, 4) is 0 Å². The van der Waals surface area contributed by atoms with Crippen molar-refractivity contribution < 1.29 is 27.8 Å². The van der Waals surface area contributed by atoms with Crippen molar-refractivity contribution in [1.82, 2.24) is 0 Å². The summed E-state index contributed by atoms with van der Waals surface area (Å²) in [6.45, 7) is 0. The topological polar surface area (TPSA) is 69.7 Å². The normalized spacial score (nSPS) is 10.3. The SMILES string of the molecule is COC(=O)CCC(=O)CCC(=O)OPF. The van der Waals surface area contributed by atoms with E-state index in [1.165, 1.54) is 7.11 Å². The second kappa shape index (κ2) is 8.29. The summed E-state index contributed by atoms with van der Waals surface area (Å²) in [5.74, 6) is -1.47. The molecule has 86 valence electrons. The lowest BCUT2D eigenvalue weighted by molar-refractivity contribution is -0.142. The van der Waals surface area contributed by atoms with Crippen molar-refractivity contribution in [2.24, 2.45) is 0 Å². The second-order valence-corrected chi connectivity index (χ2v) is 3.02. The van der Waals surface area contributed by atoms with Crippen LogP contribution in [0.1, 0.15) is 25.7 Å². The molecule has 0 aromatic rings. The van der Waals surface area contributed by atoms with Gasteiger partial charge in [-0.05, 0) is 0 Å². The maximum absolute atomic E-state index is 11.5. The molecule has 0 aromatic carbocycles. The van der Waals surface area contributed by atoms with Crippen molar-refractivity contribution in [1.29, 1.82) is 0 Å². The summed E-state index contributed by atoms with van der Waals surface area (Å²) in [7, 11) is -0.168. The Morgan fingerprint density at radius 1 is 1.07 bits per heavy atom. The fraction of sp³-hybridized carbons (Fsp3) is 0.625. The number of ketones is 1. The van der Waals surface area contributed by atoms with Gasteiger partial charge < -0.3 is 9.26 Å². The smallest absolute Gasteiger partial charge is 0.310 e. The van der Waals surface area contributed by atoms with E-state index in [1.807, 2.05) is 0 Å². The first-order valence-electron chi connectivity index (χ1n) is 4.24. The average molecular weight is 238 g/mol. The Hall–Kier alpha value is -1.03. The zero-order valence-corrected chi connectivity index (χ0v) is 9.25. The van der Waals surface area contributed by atoms with Gasteiger partial charge in [0.15, 0.2) is 0 Å². The van der Waals surface area contributed by atoms with E-state index in [1.54, 1.807) is 0 Å². The third kappa shape index (κ3) is 8.00. The zero-order chi connectivity index (χ0) is 11.7. The molecule has 5 nitrogen and oxygen atoms in total. The molecule has 15 heavy (non-hydrogen) atoms. The molecule has 0 saturated carbocycles. The molecular weight excluding hydrogens is 226 g/mol. The summed E-state index contributed by atoms with van der Waals surface area (Å²) in [6.07, 6.45) is -0.176. The third-order valence-electron chi connectivity index (χ3n) is 1.60. The maximum atomic E-state index is 11.5. The van der Waals surface area contributed by atoms with Gasteiger partial charge in [-0.15, -0.1) is 0 Å². The summed E-state index contributed by atoms with van der Waals surface area (Å²) < 4.78 is 19.9. The van der Waals surface area contributed by atoms with E-state index >= 15 is 0 Å². The van der Waals surface area contributed by atoms with Gasteiger partial charge in [0.05, 0.1) is 20.0 Å². The van der Waals surface area contributed by atoms with Gasteiger partial charge in [0.1, 0.15) is 5.78 Å². The number of esters is 1. The van der Waals surface area contributed by atoms with Crippen molar-refractivity contribution in [2.45, 2.75) is 25.7 Å². The van der Waals surface area contributed by atoms with Crippen LogP contribution in [-0.4, -0.2) is 24.8 Å². The quantitative estimate of drug-likeness (QED) is 0.494. The Bertz CT molecular complexity index is 243. The van der Waals surface area contributed by atoms with E-state index in [4.69, 9.17) is 0 Å². The van der Waals surface area contributed by atoms with E-state index in [0.717, 1.165) is 0 Å². The molecule has 0 aromatic heterocycles. The van der Waals surface area contributed by atoms with Crippen LogP contribution >= 0.6 is 9.12 Å². The molecule has 1 atom stereocenters. The van der Waals surface area contributed by atoms with Crippen LogP contribution in [0.5, 0.6) is 0 Å². The van der Waals surface area contributed by atoms with E-state index < -0.39 is 21.1 Å². The Balaban J connectivity index is 3.57. The molecule has 0 amide bonds. The molecule has 7 heteroatoms. The predicted molar refractivity (Wildman–Crippen MR) is 51.0 cm³/mol. The number of methoxy groups -OCH3 is 1. The third-order valence-corrected chi connectivity index (χ3v) is 1.90. The molecule has 0 bridgehead atoms. The van der Waals surface area contributed by atoms with Crippen LogP contribution in [0.4, 0.5) is 4.20 Å². The summed E-state index contributed by atoms with van der Waals surface area (Å²) in [4.78, 5) is 32.4. The molecule has 0 spiro atoms. The lowest BCUT2D eigenvalue weighted by atomic mass is 10.1. The number of halogens is 1. The number of hydrogen-bond acceptors (Lipinski definition) is 5. The van der Waals surface area contributed by atoms with Gasteiger partial charge in [-0.1, -0.05) is 0 Å². The standard InChI is InChI=1S/C8H12FO5P/c1-13-7(11)4-2-6(10)3-5-8(12)14-15-9/h15H,2-5H2,1H3. The predicted octanol–water partition coefficient (Wildman–Crippen LogP) is 1.31. The highest BCUT2D eigenvalue weighted by Gasteiger charge is 2.10. The Morgan fingerprint density at radius 2 is 1.60 bits per heavy atom. The van der Waals surface area contributed by atoms with Gasteiger partial charge in [0.25, 0.3) is 9.12 Å². The number of Topliss-reactive ketones (excluding diaryl/α,β-unsaturated/α-hetero) is 1. The Labute approximate surface area is 88.3 Å². The van der Waals surface area contributed by atoms with Gasteiger partial charge in [-0.25, -0.2) is 0 Å². The minimum absolute atomic E-state index is 0.00472. The van der Waals surface area contributed by atoms with Crippen LogP contribution in [-0.2, 0) is 23.6 Å². The molecule has 0 heterocycles. The van der Waals surface area contributed by atoms with Gasteiger partial charge in [0, 0.05) is 12.8 Å². The van der Waals surface area contributed by atoms with Gasteiger partial charge in [-0.3, -0.25) is 14.4 Å². The number of hydrogen-bond donors (Lipinski definition) is 0. The molecule has 0 saturated heterocycles. The van der Waals surface area contributed by atoms with E-state index in [0.29, 0.717) is 0 Å². The molecule has 0 aliphatic carbocycles. The molecule has 0 aliphatic heterocycles. The molecule has 0 radical (unpaired) electrons. The molecule has 0 rings (SSSR count). The highest BCUT2D eigenvalue weighted by molar-refractivity contribution is 7.26. The first-order chi connectivity index (χ1) is 7.10. The lowest BCUT2D eigenvalue weighted by Crippen LogP contribution is -2.07. The van der Waals surface area contributed by atoms with Gasteiger partial charge in [0.2, 0.25) is 0 Å². The molecule has 0 aliphatic rings. The fourth-order valence-electron chi connectivity index (χ4n) is 0.804. The minimum atomic E-state index is -1.40. The minimum Gasteiger partial charge on any atom is -0.469 e. The van der Waals surface area contributed by atoms with Crippen LogP contribution in [0.3, 0.4) is 0 Å². The van der Waals surface area contributed by atoms with Crippen LogP contribution in [0.2, 0.25) is 0 Å². The highest BCUT2D eigenvalue weighted by atomic mass is 31.1. The molecular formula is C8H12FO5P. The van der Waals surface area contributed by atoms with Crippen LogP contribution in [0.25, 0.3) is 0 Å². The van der Waals surface area contributed by atoms with Crippen LogP contribution in [0.15, 0.2) is 0 Å². The fourth-order valence-corrected chi connectivity index (χ4v) is 0.992. The first kappa shape index (κ1) is 14.0. The largest absolute Gasteiger partial charge is 0.469 e. The highest BCUT2D eigenvalue weighted by Crippen LogP contribution is 2.14.